The average Bonchev–Trinajstić information content (AvgIpc) is 2.32. The molecule has 0 radical (unpaired) electrons. The molecule has 0 aromatic carbocycles. The first kappa shape index (κ1) is 17.5. The highest BCUT2D eigenvalue weighted by Gasteiger charge is 2.07. The van der Waals surface area contributed by atoms with Crippen LogP contribution >= 0.6 is 23.2 Å². The predicted octanol–water partition coefficient (Wildman–Crippen LogP) is 3.24. The third kappa shape index (κ3) is 12.0. The number of carbonyl (C=O) groups is 2. The summed E-state index contributed by atoms with van der Waals surface area (Å²) in [6.07, 6.45) is 3.70. The fraction of sp³-hybridized carbons (Fsp3) is 0.833. The molecule has 0 saturated heterocycles. The van der Waals surface area contributed by atoms with Crippen LogP contribution < -0.4 is 0 Å². The Labute approximate surface area is 118 Å². The molecule has 6 heteroatoms. The molecule has 0 atom stereocenters. The van der Waals surface area contributed by atoms with Crippen molar-refractivity contribution in [1.29, 1.82) is 0 Å². The van der Waals surface area contributed by atoms with Crippen LogP contribution in [0.4, 0.5) is 0 Å². The van der Waals surface area contributed by atoms with Crippen molar-refractivity contribution in [1.82, 2.24) is 0 Å². The molecule has 0 aromatic heterocycles. The van der Waals surface area contributed by atoms with Gasteiger partial charge in [0.05, 0.1) is 6.61 Å². The van der Waals surface area contributed by atoms with Gasteiger partial charge in [0.2, 0.25) is 0 Å². The Kier molecular flexibility index (Phi) is 11.3. The summed E-state index contributed by atoms with van der Waals surface area (Å²) < 4.78 is 9.75. The van der Waals surface area contributed by atoms with Gasteiger partial charge in [0.15, 0.2) is 0 Å². The van der Waals surface area contributed by atoms with Crippen molar-refractivity contribution in [3.8, 4) is 0 Å². The molecule has 0 unspecified atom stereocenters. The van der Waals surface area contributed by atoms with Gasteiger partial charge in [-0.2, -0.15) is 0 Å². The molecule has 0 aromatic rings. The zero-order valence-electron chi connectivity index (χ0n) is 10.6. The lowest BCUT2D eigenvalue weighted by Crippen LogP contribution is -2.10. The van der Waals surface area contributed by atoms with Crippen LogP contribution in [-0.2, 0) is 19.1 Å². The Morgan fingerprint density at radius 1 is 1.00 bits per heavy atom. The van der Waals surface area contributed by atoms with Crippen molar-refractivity contribution in [2.45, 2.75) is 50.3 Å². The van der Waals surface area contributed by atoms with Crippen LogP contribution in [0, 0.1) is 0 Å². The number of alkyl halides is 2. The van der Waals surface area contributed by atoms with Crippen LogP contribution in [-0.4, -0.2) is 30.0 Å². The first-order chi connectivity index (χ1) is 8.56. The fourth-order valence-electron chi connectivity index (χ4n) is 1.17. The molecule has 0 fully saturated rings. The zero-order valence-corrected chi connectivity index (χ0v) is 12.1. The molecule has 0 aliphatic rings. The second kappa shape index (κ2) is 11.6. The normalized spacial score (nSPS) is 10.4. The molecule has 0 saturated carbocycles. The number of esters is 2. The SMILES string of the molecule is CCCCOC(=O)CCCCC(=O)OCC(Cl)Cl. The van der Waals surface area contributed by atoms with Gasteiger partial charge in [-0.3, -0.25) is 9.59 Å². The van der Waals surface area contributed by atoms with Gasteiger partial charge in [0.25, 0.3) is 0 Å². The van der Waals surface area contributed by atoms with E-state index in [4.69, 9.17) is 32.7 Å². The Morgan fingerprint density at radius 2 is 1.56 bits per heavy atom. The quantitative estimate of drug-likeness (QED) is 0.353. The maximum Gasteiger partial charge on any atom is 0.305 e. The lowest BCUT2D eigenvalue weighted by Gasteiger charge is -2.05. The van der Waals surface area contributed by atoms with Gasteiger partial charge in [-0.25, -0.2) is 0 Å². The first-order valence-electron chi connectivity index (χ1n) is 6.15. The van der Waals surface area contributed by atoms with Crippen molar-refractivity contribution in [2.24, 2.45) is 0 Å². The van der Waals surface area contributed by atoms with E-state index in [1.807, 2.05) is 6.92 Å². The number of ether oxygens (including phenoxy) is 2. The van der Waals surface area contributed by atoms with Crippen LogP contribution in [0.5, 0.6) is 0 Å². The maximum absolute atomic E-state index is 11.2. The minimum absolute atomic E-state index is 0.000996. The van der Waals surface area contributed by atoms with E-state index in [9.17, 15) is 9.59 Å². The standard InChI is InChI=1S/C12H20Cl2O4/c1-2-3-8-17-11(15)6-4-5-7-12(16)18-9-10(13)14/h10H,2-9H2,1H3. The fourth-order valence-corrected chi connectivity index (χ4v) is 1.30. The number of carbonyl (C=O) groups excluding carboxylic acids is 2. The van der Waals surface area contributed by atoms with E-state index in [2.05, 4.69) is 0 Å². The number of halogens is 2. The van der Waals surface area contributed by atoms with Crippen LogP contribution in [0.15, 0.2) is 0 Å². The summed E-state index contributed by atoms with van der Waals surface area (Å²) in [4.78, 5) is 21.7. The molecule has 0 aliphatic heterocycles. The van der Waals surface area contributed by atoms with Crippen molar-refractivity contribution < 1.29 is 19.1 Å². The molecule has 0 rings (SSSR count). The molecule has 4 nitrogen and oxygen atoms in total. The molecule has 106 valence electrons. The van der Waals surface area contributed by atoms with Gasteiger partial charge in [-0.1, -0.05) is 13.3 Å². The Bertz CT molecular complexity index is 244. The first-order valence-corrected chi connectivity index (χ1v) is 7.03. The van der Waals surface area contributed by atoms with E-state index in [0.29, 0.717) is 25.9 Å². The maximum atomic E-state index is 11.2. The van der Waals surface area contributed by atoms with Crippen LogP contribution in [0.2, 0.25) is 0 Å². The second-order valence-electron chi connectivity index (χ2n) is 3.86. The van der Waals surface area contributed by atoms with Gasteiger partial charge in [-0.05, 0) is 19.3 Å². The summed E-state index contributed by atoms with van der Waals surface area (Å²) in [5.74, 6) is -0.556. The summed E-state index contributed by atoms with van der Waals surface area (Å²) in [5.41, 5.74) is 0. The predicted molar refractivity (Wildman–Crippen MR) is 70.8 cm³/mol. The molecular weight excluding hydrogens is 279 g/mol. The lowest BCUT2D eigenvalue weighted by molar-refractivity contribution is -0.145. The van der Waals surface area contributed by atoms with Crippen molar-refractivity contribution in [2.75, 3.05) is 13.2 Å². The molecule has 0 bridgehead atoms. The highest BCUT2D eigenvalue weighted by molar-refractivity contribution is 6.44. The Hall–Kier alpha value is -0.480. The van der Waals surface area contributed by atoms with E-state index in [-0.39, 0.29) is 25.0 Å². The minimum atomic E-state index is -0.692. The van der Waals surface area contributed by atoms with E-state index in [0.717, 1.165) is 12.8 Å². The summed E-state index contributed by atoms with van der Waals surface area (Å²) in [6.45, 7) is 2.51. The number of hydrogen-bond acceptors (Lipinski definition) is 4. The van der Waals surface area contributed by atoms with E-state index < -0.39 is 4.84 Å². The monoisotopic (exact) mass is 298 g/mol. The highest BCUT2D eigenvalue weighted by Crippen LogP contribution is 2.06. The number of rotatable bonds is 10. The van der Waals surface area contributed by atoms with Gasteiger partial charge in [0, 0.05) is 12.8 Å². The lowest BCUT2D eigenvalue weighted by atomic mass is 10.2. The summed E-state index contributed by atoms with van der Waals surface area (Å²) in [6, 6.07) is 0. The molecule has 0 spiro atoms. The topological polar surface area (TPSA) is 52.6 Å². The smallest absolute Gasteiger partial charge is 0.305 e. The summed E-state index contributed by atoms with van der Waals surface area (Å²) >= 11 is 10.8. The van der Waals surface area contributed by atoms with Crippen LogP contribution in [0.3, 0.4) is 0 Å². The van der Waals surface area contributed by atoms with Gasteiger partial charge >= 0.3 is 11.9 Å². The number of unbranched alkanes of at least 4 members (excludes halogenated alkanes) is 2. The molecule has 0 N–H and O–H groups in total. The largest absolute Gasteiger partial charge is 0.466 e. The third-order valence-electron chi connectivity index (χ3n) is 2.14. The van der Waals surface area contributed by atoms with Crippen LogP contribution in [0.25, 0.3) is 0 Å². The van der Waals surface area contributed by atoms with Crippen LogP contribution in [0.1, 0.15) is 45.4 Å². The van der Waals surface area contributed by atoms with Gasteiger partial charge in [-0.15, -0.1) is 23.2 Å². The Morgan fingerprint density at radius 3 is 2.06 bits per heavy atom. The van der Waals surface area contributed by atoms with E-state index >= 15 is 0 Å². The van der Waals surface area contributed by atoms with Crippen molar-refractivity contribution in [3.63, 3.8) is 0 Å². The Balaban J connectivity index is 3.38. The second-order valence-corrected chi connectivity index (χ2v) is 5.13. The zero-order chi connectivity index (χ0) is 13.8. The van der Waals surface area contributed by atoms with E-state index in [1.165, 1.54) is 0 Å². The average molecular weight is 299 g/mol. The molecule has 0 aliphatic carbocycles. The van der Waals surface area contributed by atoms with Crippen molar-refractivity contribution in [3.05, 3.63) is 0 Å². The molecular formula is C12H20Cl2O4. The summed E-state index contributed by atoms with van der Waals surface area (Å²) in [5, 5.41) is 0. The molecule has 0 amide bonds. The summed E-state index contributed by atoms with van der Waals surface area (Å²) in [7, 11) is 0. The van der Waals surface area contributed by atoms with Crippen molar-refractivity contribution >= 4 is 35.1 Å². The van der Waals surface area contributed by atoms with Gasteiger partial charge < -0.3 is 9.47 Å². The minimum Gasteiger partial charge on any atom is -0.466 e. The molecule has 18 heavy (non-hydrogen) atoms. The number of hydrogen-bond donors (Lipinski definition) is 0. The third-order valence-corrected chi connectivity index (χ3v) is 2.40. The van der Waals surface area contributed by atoms with E-state index in [1.54, 1.807) is 0 Å². The molecule has 0 heterocycles. The van der Waals surface area contributed by atoms with Gasteiger partial charge in [0.1, 0.15) is 11.4 Å². The highest BCUT2D eigenvalue weighted by atomic mass is 35.5.